The lowest BCUT2D eigenvalue weighted by molar-refractivity contribution is -0.274. The maximum Gasteiger partial charge on any atom is 0.573 e. The summed E-state index contributed by atoms with van der Waals surface area (Å²) >= 11 is 0. The smallest absolute Gasteiger partial charge is 0.496 e. The summed E-state index contributed by atoms with van der Waals surface area (Å²) in [6.07, 6.45) is -4.03. The first kappa shape index (κ1) is 28.9. The number of nitrogens with one attached hydrogen (secondary N) is 2. The third-order valence-electron chi connectivity index (χ3n) is 6.94. The lowest BCUT2D eigenvalue weighted by Gasteiger charge is -2.39. The van der Waals surface area contributed by atoms with Crippen molar-refractivity contribution in [2.75, 3.05) is 26.7 Å². The summed E-state index contributed by atoms with van der Waals surface area (Å²) in [6, 6.07) is 21.5. The van der Waals surface area contributed by atoms with E-state index in [-0.39, 0.29) is 36.1 Å². The zero-order valence-corrected chi connectivity index (χ0v) is 22.3. The molecule has 3 aromatic carbocycles. The minimum atomic E-state index is -4.74. The average molecular weight is 556 g/mol. The van der Waals surface area contributed by atoms with Crippen molar-refractivity contribution in [3.8, 4) is 22.6 Å². The molecule has 3 aromatic rings. The standard InChI is InChI=1S/C30H32F3N3O4/c1-20(37)34-18-29(38)36-15-14-27(26(19-36)22-6-4-3-5-7-22)35-17-24-16-23(10-13-28(24)39-2)21-8-11-25(12-9-21)40-30(31,32)33/h3-13,16,26-27,35H,14-15,17-19H2,1-2H3,(H,34,37). The zero-order chi connectivity index (χ0) is 28.7. The molecule has 2 atom stereocenters. The summed E-state index contributed by atoms with van der Waals surface area (Å²) < 4.78 is 47.1. The Kier molecular flexibility index (Phi) is 9.31. The van der Waals surface area contributed by atoms with Crippen LogP contribution in [0.2, 0.25) is 0 Å². The van der Waals surface area contributed by atoms with Crippen LogP contribution < -0.4 is 20.1 Å². The van der Waals surface area contributed by atoms with Crippen molar-refractivity contribution < 1.29 is 32.2 Å². The molecule has 212 valence electrons. The van der Waals surface area contributed by atoms with Crippen LogP contribution in [-0.4, -0.2) is 55.9 Å². The fourth-order valence-corrected chi connectivity index (χ4v) is 4.96. The first-order valence-electron chi connectivity index (χ1n) is 13.0. The van der Waals surface area contributed by atoms with Crippen LogP contribution in [0.1, 0.15) is 30.4 Å². The molecule has 2 amide bonds. The Morgan fingerprint density at radius 3 is 2.35 bits per heavy atom. The molecule has 0 aliphatic carbocycles. The van der Waals surface area contributed by atoms with Gasteiger partial charge >= 0.3 is 6.36 Å². The van der Waals surface area contributed by atoms with Crippen molar-refractivity contribution in [3.63, 3.8) is 0 Å². The Morgan fingerprint density at radius 1 is 1.00 bits per heavy atom. The van der Waals surface area contributed by atoms with E-state index in [0.717, 1.165) is 22.3 Å². The maximum atomic E-state index is 12.7. The molecule has 1 heterocycles. The highest BCUT2D eigenvalue weighted by Crippen LogP contribution is 2.31. The van der Waals surface area contributed by atoms with E-state index in [1.165, 1.54) is 19.1 Å². The summed E-state index contributed by atoms with van der Waals surface area (Å²) in [4.78, 5) is 25.8. The fraction of sp³-hybridized carbons (Fsp3) is 0.333. The van der Waals surface area contributed by atoms with E-state index in [9.17, 15) is 22.8 Å². The highest BCUT2D eigenvalue weighted by molar-refractivity contribution is 5.83. The van der Waals surface area contributed by atoms with Gasteiger partial charge in [-0.05, 0) is 47.4 Å². The number of rotatable bonds is 9. The Balaban J connectivity index is 1.49. The molecular formula is C30H32F3N3O4. The van der Waals surface area contributed by atoms with Gasteiger partial charge in [0.25, 0.3) is 0 Å². The minimum Gasteiger partial charge on any atom is -0.496 e. The van der Waals surface area contributed by atoms with Gasteiger partial charge in [-0.25, -0.2) is 0 Å². The minimum absolute atomic E-state index is 0.0256. The van der Waals surface area contributed by atoms with Gasteiger partial charge < -0.3 is 25.0 Å². The van der Waals surface area contributed by atoms with E-state index in [1.54, 1.807) is 24.1 Å². The predicted octanol–water partition coefficient (Wildman–Crippen LogP) is 4.87. The van der Waals surface area contributed by atoms with Crippen LogP contribution in [-0.2, 0) is 16.1 Å². The third-order valence-corrected chi connectivity index (χ3v) is 6.94. The van der Waals surface area contributed by atoms with Crippen LogP contribution in [0.25, 0.3) is 11.1 Å². The lowest BCUT2D eigenvalue weighted by Crippen LogP contribution is -2.51. The maximum absolute atomic E-state index is 12.7. The molecule has 0 aromatic heterocycles. The number of likely N-dealkylation sites (tertiary alicyclic amines) is 1. The molecule has 0 spiro atoms. The Bertz CT molecular complexity index is 1300. The number of alkyl halides is 3. The van der Waals surface area contributed by atoms with Crippen LogP contribution >= 0.6 is 0 Å². The van der Waals surface area contributed by atoms with Gasteiger partial charge in [-0.15, -0.1) is 13.2 Å². The van der Waals surface area contributed by atoms with Gasteiger partial charge in [0.1, 0.15) is 11.5 Å². The molecule has 10 heteroatoms. The van der Waals surface area contributed by atoms with Crippen LogP contribution in [0.15, 0.2) is 72.8 Å². The van der Waals surface area contributed by atoms with Gasteiger partial charge in [0.15, 0.2) is 0 Å². The number of hydrogen-bond acceptors (Lipinski definition) is 5. The second-order valence-electron chi connectivity index (χ2n) is 9.64. The summed E-state index contributed by atoms with van der Waals surface area (Å²) in [5, 5.41) is 6.23. The third kappa shape index (κ3) is 7.75. The number of benzene rings is 3. The number of ether oxygens (including phenoxy) is 2. The van der Waals surface area contributed by atoms with Gasteiger partial charge in [-0.1, -0.05) is 48.5 Å². The number of methoxy groups -OCH3 is 1. The zero-order valence-electron chi connectivity index (χ0n) is 22.3. The quantitative estimate of drug-likeness (QED) is 0.394. The van der Waals surface area contributed by atoms with E-state index in [2.05, 4.69) is 27.5 Å². The average Bonchev–Trinajstić information content (AvgIpc) is 2.94. The normalized spacial score (nSPS) is 17.3. The van der Waals surface area contributed by atoms with Gasteiger partial charge in [-0.3, -0.25) is 9.59 Å². The van der Waals surface area contributed by atoms with Gasteiger partial charge in [0, 0.05) is 44.1 Å². The first-order valence-corrected chi connectivity index (χ1v) is 13.0. The second-order valence-corrected chi connectivity index (χ2v) is 9.64. The summed E-state index contributed by atoms with van der Waals surface area (Å²) in [6.45, 7) is 2.92. The van der Waals surface area contributed by atoms with Crippen molar-refractivity contribution in [1.82, 2.24) is 15.5 Å². The molecule has 2 unspecified atom stereocenters. The Hall–Kier alpha value is -4.05. The fourth-order valence-electron chi connectivity index (χ4n) is 4.96. The number of hydrogen-bond donors (Lipinski definition) is 2. The van der Waals surface area contributed by atoms with E-state index in [0.29, 0.717) is 31.8 Å². The number of carbonyl (C=O) groups excluding carboxylic acids is 2. The second kappa shape index (κ2) is 12.9. The number of nitrogens with zero attached hydrogens (tertiary/aromatic N) is 1. The molecule has 1 aliphatic rings. The van der Waals surface area contributed by atoms with Gasteiger partial charge in [0.2, 0.25) is 11.8 Å². The van der Waals surface area contributed by atoms with E-state index in [1.807, 2.05) is 36.4 Å². The Labute approximate surface area is 231 Å². The highest BCUT2D eigenvalue weighted by atomic mass is 19.4. The van der Waals surface area contributed by atoms with Gasteiger partial charge in [-0.2, -0.15) is 0 Å². The number of carbonyl (C=O) groups is 2. The molecule has 0 radical (unpaired) electrons. The summed E-state index contributed by atoms with van der Waals surface area (Å²) in [5.74, 6) is 0.0846. The van der Waals surface area contributed by atoms with Crippen molar-refractivity contribution in [1.29, 1.82) is 0 Å². The topological polar surface area (TPSA) is 79.9 Å². The molecule has 1 saturated heterocycles. The summed E-state index contributed by atoms with van der Waals surface area (Å²) in [7, 11) is 1.59. The van der Waals surface area contributed by atoms with Crippen molar-refractivity contribution in [2.45, 2.75) is 38.2 Å². The van der Waals surface area contributed by atoms with Crippen molar-refractivity contribution in [2.24, 2.45) is 0 Å². The molecule has 1 fully saturated rings. The summed E-state index contributed by atoms with van der Waals surface area (Å²) in [5.41, 5.74) is 3.58. The molecule has 0 bridgehead atoms. The molecule has 1 aliphatic heterocycles. The van der Waals surface area contributed by atoms with Gasteiger partial charge in [0.05, 0.1) is 13.7 Å². The predicted molar refractivity (Wildman–Crippen MR) is 145 cm³/mol. The molecular weight excluding hydrogens is 523 g/mol. The first-order chi connectivity index (χ1) is 19.1. The molecule has 2 N–H and O–H groups in total. The SMILES string of the molecule is COc1ccc(-c2ccc(OC(F)(F)F)cc2)cc1CNC1CCN(C(=O)CNC(C)=O)CC1c1ccccc1. The Morgan fingerprint density at radius 2 is 1.70 bits per heavy atom. The van der Waals surface area contributed by atoms with E-state index >= 15 is 0 Å². The number of halogens is 3. The van der Waals surface area contributed by atoms with Crippen LogP contribution in [0.5, 0.6) is 11.5 Å². The monoisotopic (exact) mass is 555 g/mol. The van der Waals surface area contributed by atoms with E-state index < -0.39 is 6.36 Å². The number of amides is 2. The molecule has 0 saturated carbocycles. The highest BCUT2D eigenvalue weighted by Gasteiger charge is 2.33. The number of piperidine rings is 1. The lowest BCUT2D eigenvalue weighted by atomic mass is 9.85. The van der Waals surface area contributed by atoms with Crippen LogP contribution in [0, 0.1) is 0 Å². The molecule has 4 rings (SSSR count). The van der Waals surface area contributed by atoms with Crippen LogP contribution in [0.3, 0.4) is 0 Å². The van der Waals surface area contributed by atoms with Crippen LogP contribution in [0.4, 0.5) is 13.2 Å². The van der Waals surface area contributed by atoms with Crippen molar-refractivity contribution >= 4 is 11.8 Å². The molecule has 7 nitrogen and oxygen atoms in total. The molecule has 40 heavy (non-hydrogen) atoms. The largest absolute Gasteiger partial charge is 0.573 e. The van der Waals surface area contributed by atoms with Crippen molar-refractivity contribution in [3.05, 3.63) is 83.9 Å². The van der Waals surface area contributed by atoms with E-state index in [4.69, 9.17) is 4.74 Å².